The van der Waals surface area contributed by atoms with Crippen molar-refractivity contribution in [3.05, 3.63) is 65.2 Å². The van der Waals surface area contributed by atoms with E-state index < -0.39 is 55.0 Å². The average Bonchev–Trinajstić information content (AvgIpc) is 2.84. The lowest BCUT2D eigenvalue weighted by Gasteiger charge is -2.18. The number of amidine groups is 1. The lowest BCUT2D eigenvalue weighted by Crippen LogP contribution is -2.44. The van der Waals surface area contributed by atoms with Crippen LogP contribution in [0.4, 0.5) is 13.2 Å². The number of nitrogens with two attached hydrogens (primary N) is 1. The molecule has 2 rings (SSSR count). The van der Waals surface area contributed by atoms with Crippen LogP contribution in [0.2, 0.25) is 0 Å². The minimum Gasteiger partial charge on any atom is -0.482 e. The van der Waals surface area contributed by atoms with Gasteiger partial charge in [-0.25, -0.2) is 9.59 Å². The zero-order valence-electron chi connectivity index (χ0n) is 19.1. The summed E-state index contributed by atoms with van der Waals surface area (Å²) in [6.45, 7) is -0.380. The predicted molar refractivity (Wildman–Crippen MR) is 119 cm³/mol. The summed E-state index contributed by atoms with van der Waals surface area (Å²) in [4.78, 5) is 58.8. The van der Waals surface area contributed by atoms with Crippen molar-refractivity contribution in [2.45, 2.75) is 19.1 Å². The second kappa shape index (κ2) is 12.3. The van der Waals surface area contributed by atoms with Gasteiger partial charge < -0.3 is 25.3 Å². The van der Waals surface area contributed by atoms with E-state index in [1.165, 1.54) is 48.5 Å². The Kier molecular flexibility index (Phi) is 9.46. The standard InChI is InChI=1S/C23H20F3N3O8/c1-12(30)35-10-17(29-21(33)15-4-2-14(3-5-15)20(27)28)19(32)13-6-8-16(9-7-13)36-11-18(31)37-22(34)23(24,25)26/h2-9,17H,10-11H2,1H3,(H3,27,28)(H,29,33). The first-order chi connectivity index (χ1) is 17.3. The molecule has 0 spiro atoms. The second-order valence-electron chi connectivity index (χ2n) is 7.26. The van der Waals surface area contributed by atoms with Crippen molar-refractivity contribution in [2.24, 2.45) is 5.73 Å². The zero-order chi connectivity index (χ0) is 27.8. The molecule has 0 bridgehead atoms. The van der Waals surface area contributed by atoms with Crippen molar-refractivity contribution in [1.29, 1.82) is 5.41 Å². The lowest BCUT2D eigenvalue weighted by molar-refractivity contribution is -0.202. The van der Waals surface area contributed by atoms with Gasteiger partial charge in [-0.15, -0.1) is 0 Å². The normalized spacial score (nSPS) is 11.6. The highest BCUT2D eigenvalue weighted by molar-refractivity contribution is 6.05. The predicted octanol–water partition coefficient (Wildman–Crippen LogP) is 1.53. The van der Waals surface area contributed by atoms with Crippen molar-refractivity contribution in [3.63, 3.8) is 0 Å². The first-order valence-corrected chi connectivity index (χ1v) is 10.3. The van der Waals surface area contributed by atoms with Gasteiger partial charge in [0.05, 0.1) is 0 Å². The van der Waals surface area contributed by atoms with E-state index in [0.717, 1.165) is 6.92 Å². The van der Waals surface area contributed by atoms with Crippen molar-refractivity contribution >= 4 is 35.4 Å². The molecule has 11 nitrogen and oxygen atoms in total. The van der Waals surface area contributed by atoms with Crippen molar-refractivity contribution in [2.75, 3.05) is 13.2 Å². The fourth-order valence-electron chi connectivity index (χ4n) is 2.68. The summed E-state index contributed by atoms with van der Waals surface area (Å²) in [6.07, 6.45) is -5.34. The van der Waals surface area contributed by atoms with Crippen molar-refractivity contribution in [1.82, 2.24) is 5.32 Å². The number of carbonyl (C=O) groups is 5. The van der Waals surface area contributed by atoms with Crippen LogP contribution < -0.4 is 15.8 Å². The van der Waals surface area contributed by atoms with Gasteiger partial charge in [-0.2, -0.15) is 13.2 Å². The van der Waals surface area contributed by atoms with Crippen LogP contribution in [0, 0.1) is 5.41 Å². The number of halogens is 3. The van der Waals surface area contributed by atoms with E-state index in [0.29, 0.717) is 5.56 Å². The Morgan fingerprint density at radius 3 is 2.00 bits per heavy atom. The van der Waals surface area contributed by atoms with Gasteiger partial charge in [0.15, 0.2) is 12.4 Å². The van der Waals surface area contributed by atoms with Crippen LogP contribution in [0.3, 0.4) is 0 Å². The number of hydrogen-bond acceptors (Lipinski definition) is 9. The van der Waals surface area contributed by atoms with Gasteiger partial charge in [0.2, 0.25) is 0 Å². The minimum atomic E-state index is -5.34. The summed E-state index contributed by atoms with van der Waals surface area (Å²) in [5, 5.41) is 9.84. The molecule has 0 heterocycles. The van der Waals surface area contributed by atoms with Crippen LogP contribution >= 0.6 is 0 Å². The molecule has 196 valence electrons. The maximum atomic E-state index is 13.0. The number of benzene rings is 2. The molecule has 0 aromatic heterocycles. The number of Topliss-reactive ketones (excluding diaryl/α,β-unsaturated/α-hetero) is 1. The number of amides is 1. The maximum absolute atomic E-state index is 13.0. The van der Waals surface area contributed by atoms with Gasteiger partial charge in [0, 0.05) is 23.6 Å². The number of hydrogen-bond donors (Lipinski definition) is 3. The Bertz CT molecular complexity index is 1200. The summed E-state index contributed by atoms with van der Waals surface area (Å²) in [5.74, 6) is -6.53. The number of ether oxygens (including phenoxy) is 3. The molecule has 0 aliphatic carbocycles. The molecule has 1 atom stereocenters. The maximum Gasteiger partial charge on any atom is 0.491 e. The van der Waals surface area contributed by atoms with Gasteiger partial charge in [-0.1, -0.05) is 12.1 Å². The fourth-order valence-corrected chi connectivity index (χ4v) is 2.68. The molecule has 37 heavy (non-hydrogen) atoms. The SMILES string of the molecule is CC(=O)OCC(NC(=O)c1ccc(C(=N)N)cc1)C(=O)c1ccc(OCC(=O)OC(=O)C(F)(F)F)cc1. The monoisotopic (exact) mass is 523 g/mol. The van der Waals surface area contributed by atoms with Gasteiger partial charge >= 0.3 is 24.1 Å². The van der Waals surface area contributed by atoms with E-state index in [-0.39, 0.29) is 22.7 Å². The Morgan fingerprint density at radius 2 is 1.49 bits per heavy atom. The van der Waals surface area contributed by atoms with Gasteiger partial charge in [0.1, 0.15) is 24.2 Å². The second-order valence-corrected chi connectivity index (χ2v) is 7.26. The molecule has 1 unspecified atom stereocenters. The molecule has 4 N–H and O–H groups in total. The Morgan fingerprint density at radius 1 is 0.946 bits per heavy atom. The molecule has 0 fully saturated rings. The van der Waals surface area contributed by atoms with Gasteiger partial charge in [-0.05, 0) is 36.4 Å². The summed E-state index contributed by atoms with van der Waals surface area (Å²) < 4.78 is 49.7. The molecule has 0 aliphatic heterocycles. The van der Waals surface area contributed by atoms with Crippen LogP contribution in [0.5, 0.6) is 5.75 Å². The smallest absolute Gasteiger partial charge is 0.482 e. The van der Waals surface area contributed by atoms with Crippen LogP contribution in [0.15, 0.2) is 48.5 Å². The first-order valence-electron chi connectivity index (χ1n) is 10.3. The van der Waals surface area contributed by atoms with E-state index in [1.54, 1.807) is 0 Å². The Labute approximate surface area is 207 Å². The molecule has 0 aliphatic rings. The third kappa shape index (κ3) is 8.76. The molecular weight excluding hydrogens is 503 g/mol. The van der Waals surface area contributed by atoms with E-state index >= 15 is 0 Å². The summed E-state index contributed by atoms with van der Waals surface area (Å²) in [5.41, 5.74) is 5.93. The molecule has 2 aromatic carbocycles. The first kappa shape index (κ1) is 28.5. The number of carbonyl (C=O) groups excluding carboxylic acids is 5. The lowest BCUT2D eigenvalue weighted by atomic mass is 10.0. The highest BCUT2D eigenvalue weighted by Crippen LogP contribution is 2.17. The zero-order valence-corrected chi connectivity index (χ0v) is 19.1. The number of nitrogen functional groups attached to an aromatic ring is 1. The molecule has 1 amide bonds. The van der Waals surface area contributed by atoms with Crippen molar-refractivity contribution < 1.29 is 51.4 Å². The minimum absolute atomic E-state index is 0.0338. The highest BCUT2D eigenvalue weighted by atomic mass is 19.4. The Balaban J connectivity index is 2.07. The van der Waals surface area contributed by atoms with Crippen LogP contribution in [-0.2, 0) is 23.9 Å². The molecule has 14 heteroatoms. The number of nitrogens with one attached hydrogen (secondary N) is 2. The van der Waals surface area contributed by atoms with E-state index in [2.05, 4.69) is 10.1 Å². The van der Waals surface area contributed by atoms with Crippen LogP contribution in [0.1, 0.15) is 33.2 Å². The largest absolute Gasteiger partial charge is 0.491 e. The van der Waals surface area contributed by atoms with E-state index in [9.17, 15) is 37.1 Å². The third-order valence-electron chi connectivity index (χ3n) is 4.47. The highest BCUT2D eigenvalue weighted by Gasteiger charge is 2.42. The Hall–Kier alpha value is -4.75. The summed E-state index contributed by atoms with van der Waals surface area (Å²) in [7, 11) is 0. The fraction of sp³-hybridized carbons (Fsp3) is 0.217. The number of alkyl halides is 3. The van der Waals surface area contributed by atoms with Crippen LogP contribution in [0.25, 0.3) is 0 Å². The molecule has 0 saturated carbocycles. The topological polar surface area (TPSA) is 175 Å². The van der Waals surface area contributed by atoms with Crippen LogP contribution in [-0.4, -0.2) is 60.9 Å². The third-order valence-corrected chi connectivity index (χ3v) is 4.47. The summed E-state index contributed by atoms with van der Waals surface area (Å²) >= 11 is 0. The molecule has 2 aromatic rings. The molecular formula is C23H20F3N3O8. The average molecular weight is 523 g/mol. The van der Waals surface area contributed by atoms with Crippen molar-refractivity contribution in [3.8, 4) is 5.75 Å². The van der Waals surface area contributed by atoms with E-state index in [4.69, 9.17) is 20.6 Å². The number of esters is 3. The number of ketones is 1. The number of rotatable bonds is 10. The molecule has 0 radical (unpaired) electrons. The molecule has 0 saturated heterocycles. The summed E-state index contributed by atoms with van der Waals surface area (Å²) in [6, 6.07) is 9.24. The van der Waals surface area contributed by atoms with Gasteiger partial charge in [0.25, 0.3) is 5.91 Å². The van der Waals surface area contributed by atoms with Gasteiger partial charge in [-0.3, -0.25) is 19.8 Å². The van der Waals surface area contributed by atoms with E-state index in [1.807, 2.05) is 0 Å². The quantitative estimate of drug-likeness (QED) is 0.137.